The van der Waals surface area contributed by atoms with E-state index in [9.17, 15) is 0 Å². The maximum atomic E-state index is 4.71. The quantitative estimate of drug-likeness (QED) is 0.0513. The molecule has 0 aliphatic rings. The number of nitrogens with one attached hydrogen (secondary N) is 10. The Bertz CT molecular complexity index is 4620. The number of nitrogens with zero attached hydrogens (tertiary/aromatic N) is 12. The average Bonchev–Trinajstić information content (AvgIpc) is 4.43. The minimum Gasteiger partial charge on any atom is -0.325 e. The van der Waals surface area contributed by atoms with Crippen molar-refractivity contribution in [3.63, 3.8) is 0 Å². The molecular formula is C64H54N22. The highest BCUT2D eigenvalue weighted by molar-refractivity contribution is 5.94. The molecule has 7 aromatic carbocycles. The SMILES string of the molecule is Cc1cc(Nc2ncnc3ccccc23)n[nH]1.Cc1ccc(Nc2nc(Nc3ccn[nH]3)c3ccccc3n2)cc1-c1ccccc1.c1ccc(Nc2nc(Nc3ccn[nH]3)c3ccccc3n2)cc1.c1ccc2c(Nc3ccn[nH]3)ncnc2c1. The van der Waals surface area contributed by atoms with Crippen LogP contribution >= 0.6 is 0 Å². The van der Waals surface area contributed by atoms with Crippen LogP contribution in [0.5, 0.6) is 0 Å². The van der Waals surface area contributed by atoms with Gasteiger partial charge in [-0.1, -0.05) is 103 Å². The molecule has 22 nitrogen and oxygen atoms in total. The summed E-state index contributed by atoms with van der Waals surface area (Å²) in [6, 6.07) is 65.5. The zero-order valence-electron chi connectivity index (χ0n) is 46.3. The first-order chi connectivity index (χ1) is 42.4. The Morgan fingerprint density at radius 3 is 1.27 bits per heavy atom. The topological polar surface area (TPSA) is 290 Å². The standard InChI is InChI=1S/C24H20N6.C17H14N6.C12H11N5.C11H9N5/c1-16-11-12-18(15-20(16)17-7-3-2-4-8-17)26-24-27-21-10-6-5-9-19(21)23(29-24)28-22-13-14-25-30-22;1-2-6-12(7-3-1)19-17-20-14-9-5-4-8-13(14)16(22-17)21-15-10-11-18-23-15;1-8-6-11(17-16-8)15-12-9-4-2-3-5-10(9)13-7-14-12;1-2-4-9-8(3-1)11(13-7-12-9)15-10-5-6-14-16-10/h2-15H,1H3,(H3,25,26,27,28,29,30);1-11H,(H3,18,19,20,21,22,23);2-7H,1H3,(H2,13,14,15,16,17);1-7H,(H2,12,13,14,15,16). The molecule has 8 heterocycles. The number of H-pyrrole nitrogens is 4. The normalized spacial score (nSPS) is 10.7. The van der Waals surface area contributed by atoms with Crippen LogP contribution in [0.25, 0.3) is 54.7 Å². The van der Waals surface area contributed by atoms with Crippen LogP contribution in [0, 0.1) is 13.8 Å². The number of fused-ring (bicyclic) bond motifs is 4. The largest absolute Gasteiger partial charge is 0.325 e. The molecule has 0 spiro atoms. The van der Waals surface area contributed by atoms with Gasteiger partial charge in [-0.25, -0.2) is 29.9 Å². The first kappa shape index (κ1) is 54.1. The van der Waals surface area contributed by atoms with E-state index in [-0.39, 0.29) is 0 Å². The van der Waals surface area contributed by atoms with Crippen LogP contribution in [0.3, 0.4) is 0 Å². The molecule has 0 aliphatic carbocycles. The molecule has 0 amide bonds. The highest BCUT2D eigenvalue weighted by Crippen LogP contribution is 2.31. The summed E-state index contributed by atoms with van der Waals surface area (Å²) in [6.07, 6.45) is 8.16. The van der Waals surface area contributed by atoms with Gasteiger partial charge in [-0.3, -0.25) is 20.4 Å². The molecule has 420 valence electrons. The van der Waals surface area contributed by atoms with E-state index in [4.69, 9.17) is 9.97 Å². The van der Waals surface area contributed by atoms with E-state index in [0.29, 0.717) is 17.7 Å². The minimum absolute atomic E-state index is 0.526. The van der Waals surface area contributed by atoms with Crippen molar-refractivity contribution in [3.05, 3.63) is 243 Å². The van der Waals surface area contributed by atoms with Crippen LogP contribution in [0.2, 0.25) is 0 Å². The summed E-state index contributed by atoms with van der Waals surface area (Å²) in [5.41, 5.74) is 10.0. The third-order valence-corrected chi connectivity index (χ3v) is 13.1. The molecule has 15 rings (SSSR count). The summed E-state index contributed by atoms with van der Waals surface area (Å²) < 4.78 is 0. The Kier molecular flexibility index (Phi) is 16.4. The van der Waals surface area contributed by atoms with Crippen molar-refractivity contribution in [2.24, 2.45) is 0 Å². The Morgan fingerprint density at radius 2 is 0.779 bits per heavy atom. The minimum atomic E-state index is 0.526. The molecular weight excluding hydrogens is 1080 g/mol. The number of hydrogen-bond acceptors (Lipinski definition) is 18. The molecule has 10 N–H and O–H groups in total. The third kappa shape index (κ3) is 13.5. The lowest BCUT2D eigenvalue weighted by Gasteiger charge is -2.13. The number of hydrogen-bond donors (Lipinski definition) is 10. The Morgan fingerprint density at radius 1 is 0.337 bits per heavy atom. The predicted octanol–water partition coefficient (Wildman–Crippen LogP) is 14.2. The van der Waals surface area contributed by atoms with Crippen LogP contribution in [0.15, 0.2) is 231 Å². The van der Waals surface area contributed by atoms with Gasteiger partial charge in [0.2, 0.25) is 11.9 Å². The maximum Gasteiger partial charge on any atom is 0.229 e. The first-order valence-electron chi connectivity index (χ1n) is 27.2. The highest BCUT2D eigenvalue weighted by atomic mass is 15.2. The second-order valence-electron chi connectivity index (χ2n) is 19.2. The molecule has 0 saturated carbocycles. The van der Waals surface area contributed by atoms with Crippen LogP contribution in [-0.4, -0.2) is 80.7 Å². The van der Waals surface area contributed by atoms with Gasteiger partial charge in [-0.2, -0.15) is 30.4 Å². The first-order valence-corrected chi connectivity index (χ1v) is 27.2. The van der Waals surface area contributed by atoms with Crippen molar-refractivity contribution >= 4 is 113 Å². The number of aryl methyl sites for hydroxylation is 2. The average molecular weight is 1130 g/mol. The lowest BCUT2D eigenvalue weighted by molar-refractivity contribution is 1.05. The lowest BCUT2D eigenvalue weighted by Crippen LogP contribution is -2.02. The molecule has 0 bridgehead atoms. The van der Waals surface area contributed by atoms with Crippen molar-refractivity contribution in [1.29, 1.82) is 0 Å². The molecule has 0 atom stereocenters. The molecule has 22 heteroatoms. The summed E-state index contributed by atoms with van der Waals surface area (Å²) in [7, 11) is 0. The predicted molar refractivity (Wildman–Crippen MR) is 340 cm³/mol. The molecule has 86 heavy (non-hydrogen) atoms. The van der Waals surface area contributed by atoms with Crippen LogP contribution < -0.4 is 31.9 Å². The van der Waals surface area contributed by atoms with Gasteiger partial charge in [-0.15, -0.1) is 0 Å². The van der Waals surface area contributed by atoms with Gasteiger partial charge in [0.05, 0.1) is 40.7 Å². The Balaban J connectivity index is 0.000000116. The zero-order chi connectivity index (χ0) is 58.3. The number of aromatic nitrogens is 16. The van der Waals surface area contributed by atoms with E-state index < -0.39 is 0 Å². The van der Waals surface area contributed by atoms with Crippen LogP contribution in [-0.2, 0) is 0 Å². The number of benzene rings is 7. The smallest absolute Gasteiger partial charge is 0.229 e. The molecule has 0 saturated heterocycles. The van der Waals surface area contributed by atoms with Gasteiger partial charge in [0.1, 0.15) is 53.4 Å². The summed E-state index contributed by atoms with van der Waals surface area (Å²) in [5, 5.41) is 50.7. The molecule has 15 aromatic rings. The van der Waals surface area contributed by atoms with Crippen molar-refractivity contribution < 1.29 is 0 Å². The van der Waals surface area contributed by atoms with E-state index in [2.05, 4.69) is 146 Å². The summed E-state index contributed by atoms with van der Waals surface area (Å²) in [6.45, 7) is 4.07. The highest BCUT2D eigenvalue weighted by Gasteiger charge is 2.13. The summed E-state index contributed by atoms with van der Waals surface area (Å²) in [4.78, 5) is 35.4. The van der Waals surface area contributed by atoms with Crippen molar-refractivity contribution in [2.75, 3.05) is 31.9 Å². The van der Waals surface area contributed by atoms with E-state index in [0.717, 1.165) is 101 Å². The summed E-state index contributed by atoms with van der Waals surface area (Å²) in [5.74, 6) is 7.15. The van der Waals surface area contributed by atoms with Gasteiger partial charge in [0, 0.05) is 62.9 Å². The maximum absolute atomic E-state index is 4.71. The monoisotopic (exact) mass is 1130 g/mol. The number of rotatable bonds is 13. The van der Waals surface area contributed by atoms with Crippen molar-refractivity contribution in [1.82, 2.24) is 80.7 Å². The molecule has 0 fully saturated rings. The fourth-order valence-corrected chi connectivity index (χ4v) is 9.04. The second-order valence-corrected chi connectivity index (χ2v) is 19.2. The Hall–Kier alpha value is -12.5. The van der Waals surface area contributed by atoms with E-state index >= 15 is 0 Å². The fourth-order valence-electron chi connectivity index (χ4n) is 9.04. The van der Waals surface area contributed by atoms with Crippen LogP contribution in [0.1, 0.15) is 11.3 Å². The van der Waals surface area contributed by atoms with Crippen molar-refractivity contribution in [3.8, 4) is 11.1 Å². The third-order valence-electron chi connectivity index (χ3n) is 13.1. The molecule has 0 unspecified atom stereocenters. The van der Waals surface area contributed by atoms with E-state index in [1.807, 2.05) is 171 Å². The van der Waals surface area contributed by atoms with Crippen LogP contribution in [0.4, 0.5) is 69.8 Å². The van der Waals surface area contributed by atoms with Gasteiger partial charge in [0.25, 0.3) is 0 Å². The molecule has 8 aromatic heterocycles. The lowest BCUT2D eigenvalue weighted by atomic mass is 10.00. The fraction of sp³-hybridized carbons (Fsp3) is 0.0312. The van der Waals surface area contributed by atoms with Gasteiger partial charge in [0.15, 0.2) is 5.82 Å². The van der Waals surface area contributed by atoms with Gasteiger partial charge >= 0.3 is 0 Å². The van der Waals surface area contributed by atoms with Crippen molar-refractivity contribution in [2.45, 2.75) is 13.8 Å². The number of aromatic amines is 4. The second kappa shape index (κ2) is 26.0. The van der Waals surface area contributed by atoms with E-state index in [1.54, 1.807) is 31.2 Å². The summed E-state index contributed by atoms with van der Waals surface area (Å²) >= 11 is 0. The Labute approximate surface area is 491 Å². The molecule has 0 radical (unpaired) electrons. The van der Waals surface area contributed by atoms with E-state index in [1.165, 1.54) is 16.7 Å². The van der Waals surface area contributed by atoms with Gasteiger partial charge < -0.3 is 31.9 Å². The number of para-hydroxylation sites is 5. The van der Waals surface area contributed by atoms with Gasteiger partial charge in [-0.05, 0) is 103 Å². The zero-order valence-corrected chi connectivity index (χ0v) is 46.3. The number of anilines is 12. The molecule has 0 aliphatic heterocycles.